The highest BCUT2D eigenvalue weighted by Gasteiger charge is 2.32. The molecule has 1 fully saturated rings. The highest BCUT2D eigenvalue weighted by Crippen LogP contribution is 2.31. The fraction of sp³-hybridized carbons (Fsp3) is 0.294. The van der Waals surface area contributed by atoms with Crippen molar-refractivity contribution >= 4 is 11.7 Å². The van der Waals surface area contributed by atoms with Crippen molar-refractivity contribution in [3.63, 3.8) is 0 Å². The number of carbonyl (C=O) groups excluding carboxylic acids is 1. The van der Waals surface area contributed by atoms with E-state index in [2.05, 4.69) is 4.98 Å². The summed E-state index contributed by atoms with van der Waals surface area (Å²) in [6.07, 6.45) is -3.44. The van der Waals surface area contributed by atoms with E-state index >= 15 is 0 Å². The number of nitrogens with zero attached hydrogens (tertiary/aromatic N) is 3. The third kappa shape index (κ3) is 3.92. The van der Waals surface area contributed by atoms with Gasteiger partial charge in [0.1, 0.15) is 5.82 Å². The maximum atomic E-state index is 13.3. The Morgan fingerprint density at radius 1 is 1.04 bits per heavy atom. The van der Waals surface area contributed by atoms with Gasteiger partial charge < -0.3 is 9.80 Å². The molecule has 0 atom stereocenters. The molecular formula is C17H14F5N3O. The lowest BCUT2D eigenvalue weighted by molar-refractivity contribution is -0.137. The van der Waals surface area contributed by atoms with Crippen LogP contribution in [0.15, 0.2) is 36.5 Å². The SMILES string of the molecule is O=C1CN(c2cc(C(F)(F)F)ccn2)CCN1Cc1ccc(F)c(F)c1. The molecule has 0 spiro atoms. The number of carbonyl (C=O) groups is 1. The molecule has 0 aliphatic carbocycles. The number of halogens is 5. The minimum Gasteiger partial charge on any atom is -0.346 e. The van der Waals surface area contributed by atoms with Crippen LogP contribution < -0.4 is 4.90 Å². The van der Waals surface area contributed by atoms with Crippen LogP contribution in [0.3, 0.4) is 0 Å². The molecule has 1 aromatic heterocycles. The van der Waals surface area contributed by atoms with Gasteiger partial charge in [-0.1, -0.05) is 6.07 Å². The van der Waals surface area contributed by atoms with Gasteiger partial charge in [0.05, 0.1) is 12.1 Å². The number of piperazine rings is 1. The van der Waals surface area contributed by atoms with Crippen LogP contribution in [-0.2, 0) is 17.5 Å². The highest BCUT2D eigenvalue weighted by atomic mass is 19.4. The predicted octanol–water partition coefficient (Wildman–Crippen LogP) is 3.23. The topological polar surface area (TPSA) is 36.4 Å². The Labute approximate surface area is 145 Å². The number of alkyl halides is 3. The van der Waals surface area contributed by atoms with Crippen molar-refractivity contribution in [2.24, 2.45) is 0 Å². The fourth-order valence-corrected chi connectivity index (χ4v) is 2.70. The second-order valence-corrected chi connectivity index (χ2v) is 5.89. The highest BCUT2D eigenvalue weighted by molar-refractivity contribution is 5.82. The van der Waals surface area contributed by atoms with E-state index in [1.54, 1.807) is 0 Å². The van der Waals surface area contributed by atoms with E-state index in [9.17, 15) is 26.7 Å². The van der Waals surface area contributed by atoms with Gasteiger partial charge in [-0.25, -0.2) is 13.8 Å². The second-order valence-electron chi connectivity index (χ2n) is 5.89. The first-order valence-corrected chi connectivity index (χ1v) is 7.74. The van der Waals surface area contributed by atoms with Crippen LogP contribution in [0.2, 0.25) is 0 Å². The van der Waals surface area contributed by atoms with Gasteiger partial charge in [-0.3, -0.25) is 4.79 Å². The first kappa shape index (κ1) is 18.1. The summed E-state index contributed by atoms with van der Waals surface area (Å²) in [6.45, 7) is 0.470. The molecule has 26 heavy (non-hydrogen) atoms. The van der Waals surface area contributed by atoms with Crippen molar-refractivity contribution in [2.45, 2.75) is 12.7 Å². The minimum absolute atomic E-state index is 0.0700. The zero-order valence-corrected chi connectivity index (χ0v) is 13.4. The average Bonchev–Trinajstić information content (AvgIpc) is 2.59. The van der Waals surface area contributed by atoms with Crippen LogP contribution in [0.1, 0.15) is 11.1 Å². The van der Waals surface area contributed by atoms with E-state index in [0.717, 1.165) is 30.5 Å². The third-order valence-electron chi connectivity index (χ3n) is 4.07. The summed E-state index contributed by atoms with van der Waals surface area (Å²) in [6, 6.07) is 5.15. The molecule has 0 unspecified atom stereocenters. The number of pyridine rings is 1. The van der Waals surface area contributed by atoms with E-state index in [1.165, 1.54) is 15.9 Å². The van der Waals surface area contributed by atoms with Crippen LogP contribution in [0.5, 0.6) is 0 Å². The normalized spacial score (nSPS) is 15.5. The molecule has 1 aromatic carbocycles. The average molecular weight is 371 g/mol. The number of hydrogen-bond donors (Lipinski definition) is 0. The molecular weight excluding hydrogens is 357 g/mol. The molecule has 138 valence electrons. The van der Waals surface area contributed by atoms with Gasteiger partial charge in [-0.15, -0.1) is 0 Å². The summed E-state index contributed by atoms with van der Waals surface area (Å²) in [5.41, 5.74) is -0.401. The number of anilines is 1. The molecule has 1 aliphatic rings. The smallest absolute Gasteiger partial charge is 0.346 e. The molecule has 3 rings (SSSR count). The van der Waals surface area contributed by atoms with Crippen molar-refractivity contribution in [3.8, 4) is 0 Å². The van der Waals surface area contributed by atoms with E-state index in [4.69, 9.17) is 0 Å². The Morgan fingerprint density at radius 2 is 1.81 bits per heavy atom. The van der Waals surface area contributed by atoms with Gasteiger partial charge in [0.25, 0.3) is 0 Å². The van der Waals surface area contributed by atoms with Crippen LogP contribution in [0.4, 0.5) is 27.8 Å². The van der Waals surface area contributed by atoms with Gasteiger partial charge in [0.15, 0.2) is 11.6 Å². The van der Waals surface area contributed by atoms with E-state index in [0.29, 0.717) is 5.56 Å². The van der Waals surface area contributed by atoms with Crippen molar-refractivity contribution in [2.75, 3.05) is 24.5 Å². The molecule has 2 aromatic rings. The lowest BCUT2D eigenvalue weighted by Gasteiger charge is -2.35. The molecule has 1 amide bonds. The first-order chi connectivity index (χ1) is 12.2. The van der Waals surface area contributed by atoms with Crippen molar-refractivity contribution in [1.82, 2.24) is 9.88 Å². The molecule has 0 N–H and O–H groups in total. The summed E-state index contributed by atoms with van der Waals surface area (Å²) in [5, 5.41) is 0. The lowest BCUT2D eigenvalue weighted by atomic mass is 10.1. The Morgan fingerprint density at radius 3 is 2.46 bits per heavy atom. The van der Waals surface area contributed by atoms with Gasteiger partial charge in [-0.2, -0.15) is 13.2 Å². The van der Waals surface area contributed by atoms with Crippen LogP contribution in [-0.4, -0.2) is 35.4 Å². The summed E-state index contributed by atoms with van der Waals surface area (Å²) in [7, 11) is 0. The number of amides is 1. The molecule has 0 bridgehead atoms. The predicted molar refractivity (Wildman–Crippen MR) is 83.2 cm³/mol. The monoisotopic (exact) mass is 371 g/mol. The van der Waals surface area contributed by atoms with Gasteiger partial charge in [-0.05, 0) is 29.8 Å². The van der Waals surface area contributed by atoms with Crippen LogP contribution >= 0.6 is 0 Å². The standard InChI is InChI=1S/C17H14F5N3O/c18-13-2-1-11(7-14(13)19)9-25-6-5-24(10-16(25)26)15-8-12(3-4-23-15)17(20,21)22/h1-4,7-8H,5-6,9-10H2. The lowest BCUT2D eigenvalue weighted by Crippen LogP contribution is -2.50. The number of rotatable bonds is 3. The number of hydrogen-bond acceptors (Lipinski definition) is 3. The maximum absolute atomic E-state index is 13.3. The van der Waals surface area contributed by atoms with Crippen molar-refractivity contribution in [3.05, 3.63) is 59.3 Å². The quantitative estimate of drug-likeness (QED) is 0.778. The van der Waals surface area contributed by atoms with E-state index < -0.39 is 23.4 Å². The number of aromatic nitrogens is 1. The van der Waals surface area contributed by atoms with Gasteiger partial charge in [0.2, 0.25) is 5.91 Å². The fourth-order valence-electron chi connectivity index (χ4n) is 2.70. The Balaban J connectivity index is 1.69. The molecule has 4 nitrogen and oxygen atoms in total. The summed E-state index contributed by atoms with van der Waals surface area (Å²) in [4.78, 5) is 19.1. The van der Waals surface area contributed by atoms with Crippen LogP contribution in [0.25, 0.3) is 0 Å². The summed E-state index contributed by atoms with van der Waals surface area (Å²) < 4.78 is 64.6. The summed E-state index contributed by atoms with van der Waals surface area (Å²) >= 11 is 0. The molecule has 2 heterocycles. The molecule has 1 aliphatic heterocycles. The first-order valence-electron chi connectivity index (χ1n) is 7.74. The van der Waals surface area contributed by atoms with Crippen molar-refractivity contribution < 1.29 is 26.7 Å². The maximum Gasteiger partial charge on any atom is 0.416 e. The molecule has 9 heteroatoms. The van der Waals surface area contributed by atoms with E-state index in [1.807, 2.05) is 0 Å². The minimum atomic E-state index is -4.49. The third-order valence-corrected chi connectivity index (χ3v) is 4.07. The van der Waals surface area contributed by atoms with E-state index in [-0.39, 0.29) is 37.9 Å². The van der Waals surface area contributed by atoms with Gasteiger partial charge >= 0.3 is 6.18 Å². The van der Waals surface area contributed by atoms with Crippen LogP contribution in [0, 0.1) is 11.6 Å². The molecule has 0 radical (unpaired) electrons. The Bertz CT molecular complexity index is 824. The summed E-state index contributed by atoms with van der Waals surface area (Å²) in [5.74, 6) is -2.23. The Kier molecular flexibility index (Phi) is 4.80. The molecule has 1 saturated heterocycles. The van der Waals surface area contributed by atoms with Crippen molar-refractivity contribution in [1.29, 1.82) is 0 Å². The number of benzene rings is 1. The second kappa shape index (κ2) is 6.89. The largest absolute Gasteiger partial charge is 0.416 e. The zero-order valence-electron chi connectivity index (χ0n) is 13.4. The molecule has 0 saturated carbocycles. The Hall–Kier alpha value is -2.71. The zero-order chi connectivity index (χ0) is 18.9. The van der Waals surface area contributed by atoms with Gasteiger partial charge in [0, 0.05) is 25.8 Å².